The highest BCUT2D eigenvalue weighted by Crippen LogP contribution is 2.30. The number of nitrogens with one attached hydrogen (secondary N) is 1. The van der Waals surface area contributed by atoms with Crippen molar-refractivity contribution in [3.05, 3.63) is 30.1 Å². The monoisotopic (exact) mass is 303 g/mol. The maximum atomic E-state index is 4.85. The first-order chi connectivity index (χ1) is 10.3. The van der Waals surface area contributed by atoms with E-state index in [4.69, 9.17) is 4.98 Å². The molecule has 2 atom stereocenters. The van der Waals surface area contributed by atoms with Crippen molar-refractivity contribution in [1.82, 2.24) is 14.9 Å². The van der Waals surface area contributed by atoms with Crippen LogP contribution in [0.25, 0.3) is 11.0 Å². The molecular formula is C17H25N3S. The summed E-state index contributed by atoms with van der Waals surface area (Å²) < 4.78 is 2.26. The van der Waals surface area contributed by atoms with Crippen molar-refractivity contribution < 1.29 is 0 Å². The average molecular weight is 303 g/mol. The number of thioether (sulfide) groups is 1. The molecule has 0 spiro atoms. The van der Waals surface area contributed by atoms with Gasteiger partial charge >= 0.3 is 0 Å². The maximum absolute atomic E-state index is 4.85. The number of nitrogens with zero attached hydrogens (tertiary/aromatic N) is 2. The molecule has 21 heavy (non-hydrogen) atoms. The predicted octanol–water partition coefficient (Wildman–Crippen LogP) is 3.38. The third kappa shape index (κ3) is 3.27. The van der Waals surface area contributed by atoms with Gasteiger partial charge in [-0.15, -0.1) is 0 Å². The number of para-hydroxylation sites is 2. The summed E-state index contributed by atoms with van der Waals surface area (Å²) in [4.78, 5) is 4.85. The molecule has 0 saturated carbocycles. The zero-order chi connectivity index (χ0) is 14.7. The Bertz CT molecular complexity index is 587. The second kappa shape index (κ2) is 6.84. The number of aryl methyl sites for hydroxylation is 1. The molecule has 1 aliphatic heterocycles. The summed E-state index contributed by atoms with van der Waals surface area (Å²) in [6.07, 6.45) is 4.93. The lowest BCUT2D eigenvalue weighted by Gasteiger charge is -2.24. The SMILES string of the molecule is CCCNC(Cc1nc2ccccc2n1C)C1CCCS1. The minimum absolute atomic E-state index is 0.549. The number of rotatable bonds is 6. The minimum Gasteiger partial charge on any atom is -0.331 e. The highest BCUT2D eigenvalue weighted by atomic mass is 32.2. The van der Waals surface area contributed by atoms with Crippen LogP contribution in [0, 0.1) is 0 Å². The van der Waals surface area contributed by atoms with Crippen molar-refractivity contribution in [3.63, 3.8) is 0 Å². The highest BCUT2D eigenvalue weighted by molar-refractivity contribution is 8.00. The topological polar surface area (TPSA) is 29.9 Å². The van der Waals surface area contributed by atoms with Gasteiger partial charge in [-0.25, -0.2) is 4.98 Å². The number of imidazole rings is 1. The summed E-state index contributed by atoms with van der Waals surface area (Å²) >= 11 is 2.13. The average Bonchev–Trinajstić information content (AvgIpc) is 3.13. The van der Waals surface area contributed by atoms with Crippen LogP contribution in [0.5, 0.6) is 0 Å². The zero-order valence-electron chi connectivity index (χ0n) is 13.0. The Hall–Kier alpha value is -1.000. The van der Waals surface area contributed by atoms with E-state index in [9.17, 15) is 0 Å². The molecule has 3 rings (SSSR count). The second-order valence-corrected chi connectivity index (χ2v) is 7.24. The largest absolute Gasteiger partial charge is 0.331 e. The van der Waals surface area contributed by atoms with Crippen LogP contribution in [0.3, 0.4) is 0 Å². The fourth-order valence-corrected chi connectivity index (χ4v) is 4.55. The van der Waals surface area contributed by atoms with Crippen molar-refractivity contribution in [2.24, 2.45) is 7.05 Å². The summed E-state index contributed by atoms with van der Waals surface area (Å²) in [6.45, 7) is 3.34. The van der Waals surface area contributed by atoms with Crippen LogP contribution in [-0.2, 0) is 13.5 Å². The van der Waals surface area contributed by atoms with Crippen molar-refractivity contribution in [2.75, 3.05) is 12.3 Å². The Morgan fingerprint density at radius 2 is 2.29 bits per heavy atom. The number of benzene rings is 1. The van der Waals surface area contributed by atoms with E-state index < -0.39 is 0 Å². The van der Waals surface area contributed by atoms with Gasteiger partial charge in [0, 0.05) is 24.8 Å². The van der Waals surface area contributed by atoms with Gasteiger partial charge in [-0.2, -0.15) is 11.8 Å². The van der Waals surface area contributed by atoms with Gasteiger partial charge < -0.3 is 9.88 Å². The number of hydrogen-bond donors (Lipinski definition) is 1. The normalized spacial score (nSPS) is 20.2. The summed E-state index contributed by atoms with van der Waals surface area (Å²) in [5.41, 5.74) is 2.35. The van der Waals surface area contributed by atoms with E-state index in [-0.39, 0.29) is 0 Å². The van der Waals surface area contributed by atoms with Gasteiger partial charge in [0.25, 0.3) is 0 Å². The van der Waals surface area contributed by atoms with Gasteiger partial charge in [0.1, 0.15) is 5.82 Å². The smallest absolute Gasteiger partial charge is 0.111 e. The third-order valence-electron chi connectivity index (χ3n) is 4.35. The lowest BCUT2D eigenvalue weighted by molar-refractivity contribution is 0.470. The summed E-state index contributed by atoms with van der Waals surface area (Å²) in [5.74, 6) is 2.52. The van der Waals surface area contributed by atoms with Crippen LogP contribution in [0.15, 0.2) is 24.3 Å². The lowest BCUT2D eigenvalue weighted by atomic mass is 10.1. The van der Waals surface area contributed by atoms with Gasteiger partial charge in [0.2, 0.25) is 0 Å². The minimum atomic E-state index is 0.549. The summed E-state index contributed by atoms with van der Waals surface area (Å²) in [6, 6.07) is 8.97. The molecule has 3 nitrogen and oxygen atoms in total. The Labute approximate surface area is 131 Å². The highest BCUT2D eigenvalue weighted by Gasteiger charge is 2.26. The molecule has 0 radical (unpaired) electrons. The van der Waals surface area contributed by atoms with Gasteiger partial charge in [0.15, 0.2) is 0 Å². The van der Waals surface area contributed by atoms with E-state index in [0.717, 1.165) is 23.7 Å². The van der Waals surface area contributed by atoms with Crippen LogP contribution in [0.1, 0.15) is 32.0 Å². The molecular weight excluding hydrogens is 278 g/mol. The molecule has 1 N–H and O–H groups in total. The Kier molecular flexibility index (Phi) is 4.86. The number of aromatic nitrogens is 2. The third-order valence-corrected chi connectivity index (χ3v) is 5.87. The Morgan fingerprint density at radius 1 is 1.43 bits per heavy atom. The van der Waals surface area contributed by atoms with E-state index in [1.165, 1.54) is 36.4 Å². The Balaban J connectivity index is 1.81. The van der Waals surface area contributed by atoms with Crippen molar-refractivity contribution in [3.8, 4) is 0 Å². The summed E-state index contributed by atoms with van der Waals surface area (Å²) in [5, 5.41) is 4.50. The fourth-order valence-electron chi connectivity index (χ4n) is 3.16. The van der Waals surface area contributed by atoms with E-state index >= 15 is 0 Å². The molecule has 1 aliphatic rings. The number of fused-ring (bicyclic) bond motifs is 1. The Morgan fingerprint density at radius 3 is 3.00 bits per heavy atom. The van der Waals surface area contributed by atoms with Crippen LogP contribution >= 0.6 is 11.8 Å². The van der Waals surface area contributed by atoms with Gasteiger partial charge in [-0.05, 0) is 43.7 Å². The first-order valence-corrected chi connectivity index (χ1v) is 9.09. The van der Waals surface area contributed by atoms with E-state index in [1.54, 1.807) is 0 Å². The molecule has 1 fully saturated rings. The molecule has 2 unspecified atom stereocenters. The predicted molar refractivity (Wildman–Crippen MR) is 92.0 cm³/mol. The van der Waals surface area contributed by atoms with Gasteiger partial charge in [-0.3, -0.25) is 0 Å². The molecule has 0 aliphatic carbocycles. The van der Waals surface area contributed by atoms with Crippen LogP contribution in [-0.4, -0.2) is 33.1 Å². The van der Waals surface area contributed by atoms with Crippen LogP contribution < -0.4 is 5.32 Å². The van der Waals surface area contributed by atoms with Crippen molar-refractivity contribution in [1.29, 1.82) is 0 Å². The molecule has 0 amide bonds. The van der Waals surface area contributed by atoms with E-state index in [0.29, 0.717) is 6.04 Å². The molecule has 114 valence electrons. The quantitative estimate of drug-likeness (QED) is 0.887. The zero-order valence-corrected chi connectivity index (χ0v) is 13.8. The molecule has 1 aromatic carbocycles. The molecule has 2 heterocycles. The second-order valence-electron chi connectivity index (χ2n) is 5.89. The maximum Gasteiger partial charge on any atom is 0.111 e. The van der Waals surface area contributed by atoms with Crippen LogP contribution in [0.2, 0.25) is 0 Å². The van der Waals surface area contributed by atoms with Gasteiger partial charge in [0.05, 0.1) is 11.0 Å². The molecule has 2 aromatic rings. The van der Waals surface area contributed by atoms with E-state index in [2.05, 4.69) is 59.9 Å². The lowest BCUT2D eigenvalue weighted by Crippen LogP contribution is -2.40. The molecule has 0 bridgehead atoms. The molecule has 1 aromatic heterocycles. The first-order valence-electron chi connectivity index (χ1n) is 8.05. The van der Waals surface area contributed by atoms with Crippen molar-refractivity contribution in [2.45, 2.75) is 43.9 Å². The summed E-state index contributed by atoms with van der Waals surface area (Å²) in [7, 11) is 2.14. The fraction of sp³-hybridized carbons (Fsp3) is 0.588. The van der Waals surface area contributed by atoms with E-state index in [1.807, 2.05) is 0 Å². The number of hydrogen-bond acceptors (Lipinski definition) is 3. The van der Waals surface area contributed by atoms with Crippen LogP contribution in [0.4, 0.5) is 0 Å². The van der Waals surface area contributed by atoms with Gasteiger partial charge in [-0.1, -0.05) is 19.1 Å². The molecule has 1 saturated heterocycles. The standard InChI is InChI=1S/C17H25N3S/c1-3-10-18-14(16-9-6-11-21-16)12-17-19-13-7-4-5-8-15(13)20(17)2/h4-5,7-8,14,16,18H,3,6,9-12H2,1-2H3. The molecule has 4 heteroatoms. The van der Waals surface area contributed by atoms with Crippen molar-refractivity contribution >= 4 is 22.8 Å². The first kappa shape index (κ1) is 14.9.